The fraction of sp³-hybridized carbons (Fsp3) is 0.562. The maximum absolute atomic E-state index is 11.9. The SMILES string of the molecule is CCCCOC(=O)N1CCC(n2cc(C=CC(C)=O)cn2)C1. The Labute approximate surface area is 130 Å². The topological polar surface area (TPSA) is 64.4 Å². The first-order valence-corrected chi connectivity index (χ1v) is 7.74. The lowest BCUT2D eigenvalue weighted by atomic mass is 10.2. The van der Waals surface area contributed by atoms with E-state index in [1.165, 1.54) is 13.0 Å². The molecule has 1 aromatic heterocycles. The molecular formula is C16H23N3O3. The van der Waals surface area contributed by atoms with Crippen LogP contribution in [0.15, 0.2) is 18.5 Å². The van der Waals surface area contributed by atoms with E-state index in [1.54, 1.807) is 17.2 Å². The summed E-state index contributed by atoms with van der Waals surface area (Å²) in [6.45, 7) is 5.37. The highest BCUT2D eigenvalue weighted by Gasteiger charge is 2.28. The van der Waals surface area contributed by atoms with Gasteiger partial charge in [0.1, 0.15) is 0 Å². The van der Waals surface area contributed by atoms with Crippen LogP contribution in [0.1, 0.15) is 44.7 Å². The Bertz CT molecular complexity index is 551. The molecule has 1 aromatic rings. The van der Waals surface area contributed by atoms with Gasteiger partial charge >= 0.3 is 6.09 Å². The van der Waals surface area contributed by atoms with Gasteiger partial charge in [-0.25, -0.2) is 4.79 Å². The van der Waals surface area contributed by atoms with E-state index in [0.29, 0.717) is 19.7 Å². The van der Waals surface area contributed by atoms with Crippen LogP contribution in [-0.4, -0.2) is 46.3 Å². The number of aromatic nitrogens is 2. The number of unbranched alkanes of at least 4 members (excludes halogenated alkanes) is 1. The highest BCUT2D eigenvalue weighted by Crippen LogP contribution is 2.22. The molecule has 1 saturated heterocycles. The lowest BCUT2D eigenvalue weighted by Crippen LogP contribution is -2.30. The highest BCUT2D eigenvalue weighted by atomic mass is 16.6. The number of likely N-dealkylation sites (tertiary alicyclic amines) is 1. The summed E-state index contributed by atoms with van der Waals surface area (Å²) >= 11 is 0. The van der Waals surface area contributed by atoms with Crippen molar-refractivity contribution in [2.24, 2.45) is 0 Å². The van der Waals surface area contributed by atoms with Gasteiger partial charge < -0.3 is 9.64 Å². The minimum atomic E-state index is -0.236. The Morgan fingerprint density at radius 3 is 3.05 bits per heavy atom. The Balaban J connectivity index is 1.87. The molecule has 1 atom stereocenters. The Hall–Kier alpha value is -2.11. The molecule has 0 bridgehead atoms. The van der Waals surface area contributed by atoms with E-state index in [-0.39, 0.29) is 17.9 Å². The van der Waals surface area contributed by atoms with Crippen LogP contribution in [0.2, 0.25) is 0 Å². The first kappa shape index (κ1) is 16.3. The van der Waals surface area contributed by atoms with Crippen LogP contribution in [-0.2, 0) is 9.53 Å². The molecule has 0 radical (unpaired) electrons. The molecule has 0 spiro atoms. The number of amides is 1. The lowest BCUT2D eigenvalue weighted by Gasteiger charge is -2.16. The molecule has 2 heterocycles. The largest absolute Gasteiger partial charge is 0.449 e. The average molecular weight is 305 g/mol. The third-order valence-electron chi connectivity index (χ3n) is 3.65. The van der Waals surface area contributed by atoms with Crippen molar-refractivity contribution in [1.82, 2.24) is 14.7 Å². The van der Waals surface area contributed by atoms with Crippen molar-refractivity contribution in [2.75, 3.05) is 19.7 Å². The summed E-state index contributed by atoms with van der Waals surface area (Å²) in [6.07, 6.45) is 9.43. The zero-order valence-electron chi connectivity index (χ0n) is 13.2. The third-order valence-corrected chi connectivity index (χ3v) is 3.65. The number of rotatable bonds is 6. The van der Waals surface area contributed by atoms with E-state index < -0.39 is 0 Å². The van der Waals surface area contributed by atoms with Crippen LogP contribution in [0.3, 0.4) is 0 Å². The third kappa shape index (κ3) is 4.44. The standard InChI is InChI=1S/C16H23N3O3/c1-3-4-9-22-16(21)18-8-7-15(12-18)19-11-14(10-17-19)6-5-13(2)20/h5-6,10-11,15H,3-4,7-9,12H2,1-2H3. The van der Waals surface area contributed by atoms with Crippen LogP contribution in [0.25, 0.3) is 6.08 Å². The zero-order chi connectivity index (χ0) is 15.9. The van der Waals surface area contributed by atoms with E-state index in [1.807, 2.05) is 10.9 Å². The van der Waals surface area contributed by atoms with Gasteiger partial charge in [-0.3, -0.25) is 9.48 Å². The maximum atomic E-state index is 11.9. The molecule has 1 fully saturated rings. The van der Waals surface area contributed by atoms with Gasteiger partial charge in [-0.05, 0) is 31.9 Å². The summed E-state index contributed by atoms with van der Waals surface area (Å²) in [4.78, 5) is 24.6. The second-order valence-electron chi connectivity index (χ2n) is 5.55. The second-order valence-corrected chi connectivity index (χ2v) is 5.55. The number of hydrogen-bond acceptors (Lipinski definition) is 4. The van der Waals surface area contributed by atoms with Crippen LogP contribution in [0, 0.1) is 0 Å². The maximum Gasteiger partial charge on any atom is 0.409 e. The van der Waals surface area contributed by atoms with Gasteiger partial charge in [-0.2, -0.15) is 5.10 Å². The first-order valence-electron chi connectivity index (χ1n) is 7.74. The van der Waals surface area contributed by atoms with Crippen molar-refractivity contribution >= 4 is 18.0 Å². The Kier molecular flexibility index (Phi) is 5.75. The van der Waals surface area contributed by atoms with Gasteiger partial charge in [0.15, 0.2) is 5.78 Å². The van der Waals surface area contributed by atoms with Gasteiger partial charge in [0.25, 0.3) is 0 Å². The number of nitrogens with zero attached hydrogens (tertiary/aromatic N) is 3. The molecule has 2 rings (SSSR count). The van der Waals surface area contributed by atoms with Gasteiger partial charge in [0.2, 0.25) is 0 Å². The summed E-state index contributed by atoms with van der Waals surface area (Å²) in [6, 6.07) is 0.165. The summed E-state index contributed by atoms with van der Waals surface area (Å²) in [5.41, 5.74) is 0.888. The van der Waals surface area contributed by atoms with E-state index in [9.17, 15) is 9.59 Å². The van der Waals surface area contributed by atoms with Crippen molar-refractivity contribution in [3.05, 3.63) is 24.0 Å². The number of allylic oxidation sites excluding steroid dienone is 1. The van der Waals surface area contributed by atoms with Crippen LogP contribution >= 0.6 is 0 Å². The first-order chi connectivity index (χ1) is 10.6. The molecule has 1 unspecified atom stereocenters. The summed E-state index contributed by atoms with van der Waals surface area (Å²) in [5, 5.41) is 4.32. The van der Waals surface area contributed by atoms with Crippen molar-refractivity contribution in [2.45, 2.75) is 39.2 Å². The van der Waals surface area contributed by atoms with Crippen molar-refractivity contribution < 1.29 is 14.3 Å². The smallest absolute Gasteiger partial charge is 0.409 e. The predicted octanol–water partition coefficient (Wildman–Crippen LogP) is 2.67. The molecule has 0 N–H and O–H groups in total. The monoisotopic (exact) mass is 305 g/mol. The van der Waals surface area contributed by atoms with Crippen LogP contribution < -0.4 is 0 Å². The minimum Gasteiger partial charge on any atom is -0.449 e. The summed E-state index contributed by atoms with van der Waals surface area (Å²) in [7, 11) is 0. The van der Waals surface area contributed by atoms with Crippen molar-refractivity contribution in [3.63, 3.8) is 0 Å². The normalized spacial score (nSPS) is 18.1. The molecule has 1 aliphatic heterocycles. The van der Waals surface area contributed by atoms with Gasteiger partial charge in [-0.15, -0.1) is 0 Å². The van der Waals surface area contributed by atoms with Crippen molar-refractivity contribution in [3.8, 4) is 0 Å². The van der Waals surface area contributed by atoms with Gasteiger partial charge in [0.05, 0.1) is 18.8 Å². The van der Waals surface area contributed by atoms with Crippen LogP contribution in [0.5, 0.6) is 0 Å². The number of hydrogen-bond donors (Lipinski definition) is 0. The highest BCUT2D eigenvalue weighted by molar-refractivity contribution is 5.91. The molecule has 0 saturated carbocycles. The lowest BCUT2D eigenvalue weighted by molar-refractivity contribution is -0.112. The van der Waals surface area contributed by atoms with E-state index in [0.717, 1.165) is 24.8 Å². The Morgan fingerprint density at radius 1 is 1.50 bits per heavy atom. The van der Waals surface area contributed by atoms with Gasteiger partial charge in [-0.1, -0.05) is 13.3 Å². The van der Waals surface area contributed by atoms with Gasteiger partial charge in [0, 0.05) is 24.8 Å². The molecule has 1 aliphatic rings. The van der Waals surface area contributed by atoms with E-state index in [4.69, 9.17) is 4.74 Å². The fourth-order valence-electron chi connectivity index (χ4n) is 2.37. The second kappa shape index (κ2) is 7.77. The number of ether oxygens (including phenoxy) is 1. The minimum absolute atomic E-state index is 0.00890. The quantitative estimate of drug-likeness (QED) is 0.599. The molecule has 120 valence electrons. The number of carbonyl (C=O) groups is 2. The van der Waals surface area contributed by atoms with E-state index in [2.05, 4.69) is 12.0 Å². The molecule has 6 nitrogen and oxygen atoms in total. The summed E-state index contributed by atoms with van der Waals surface area (Å²) in [5.74, 6) is 0.00890. The van der Waals surface area contributed by atoms with E-state index >= 15 is 0 Å². The van der Waals surface area contributed by atoms with Crippen LogP contribution in [0.4, 0.5) is 4.79 Å². The zero-order valence-corrected chi connectivity index (χ0v) is 13.2. The molecule has 0 aromatic carbocycles. The predicted molar refractivity (Wildman–Crippen MR) is 83.4 cm³/mol. The molecule has 0 aliphatic carbocycles. The molecule has 1 amide bonds. The molecule has 22 heavy (non-hydrogen) atoms. The molecule has 6 heteroatoms. The number of carbonyl (C=O) groups excluding carboxylic acids is 2. The fourth-order valence-corrected chi connectivity index (χ4v) is 2.37. The number of ketones is 1. The Morgan fingerprint density at radius 2 is 2.32 bits per heavy atom. The molecular weight excluding hydrogens is 282 g/mol. The van der Waals surface area contributed by atoms with Crippen molar-refractivity contribution in [1.29, 1.82) is 0 Å². The average Bonchev–Trinajstić information content (AvgIpc) is 3.14. The summed E-state index contributed by atoms with van der Waals surface area (Å²) < 4.78 is 7.09.